The Morgan fingerprint density at radius 3 is 2.70 bits per heavy atom. The highest BCUT2D eigenvalue weighted by molar-refractivity contribution is 5.96. The Balaban J connectivity index is 1.81. The molecule has 23 heavy (non-hydrogen) atoms. The highest BCUT2D eigenvalue weighted by Gasteiger charge is 2.22. The van der Waals surface area contributed by atoms with E-state index in [0.29, 0.717) is 6.54 Å². The average molecular weight is 321 g/mol. The van der Waals surface area contributed by atoms with Gasteiger partial charge < -0.3 is 5.32 Å². The number of hydrogen-bond donors (Lipinski definition) is 2. The first-order valence-electron chi connectivity index (χ1n) is 8.01. The normalized spacial score (nSPS) is 16.3. The fraction of sp³-hybridized carbons (Fsp3) is 0.529. The van der Waals surface area contributed by atoms with E-state index >= 15 is 0 Å². The molecule has 0 radical (unpaired) electrons. The molecule has 0 aliphatic heterocycles. The van der Waals surface area contributed by atoms with Gasteiger partial charge in [-0.05, 0) is 44.5 Å². The number of hydrogen-bond acceptors (Lipinski definition) is 3. The van der Waals surface area contributed by atoms with Crippen molar-refractivity contribution >= 4 is 11.9 Å². The molecule has 3 amide bonds. The van der Waals surface area contributed by atoms with E-state index in [1.807, 2.05) is 0 Å². The summed E-state index contributed by atoms with van der Waals surface area (Å²) >= 11 is 0. The molecule has 0 aromatic heterocycles. The molecule has 1 atom stereocenters. The van der Waals surface area contributed by atoms with Crippen molar-refractivity contribution in [2.45, 2.75) is 51.2 Å². The molecule has 0 unspecified atom stereocenters. The van der Waals surface area contributed by atoms with Gasteiger partial charge in [-0.15, -0.1) is 0 Å². The first-order valence-corrected chi connectivity index (χ1v) is 8.01. The lowest BCUT2D eigenvalue weighted by Crippen LogP contribution is -2.50. The molecule has 2 rings (SSSR count). The number of rotatable bonds is 5. The summed E-state index contributed by atoms with van der Waals surface area (Å²) < 4.78 is 13.2. The van der Waals surface area contributed by atoms with Gasteiger partial charge in [-0.25, -0.2) is 9.18 Å². The number of carbonyl (C=O) groups excluding carboxylic acids is 2. The maximum absolute atomic E-state index is 13.2. The van der Waals surface area contributed by atoms with E-state index in [0.717, 1.165) is 31.2 Å². The van der Waals surface area contributed by atoms with Crippen LogP contribution in [0.15, 0.2) is 24.3 Å². The molecule has 0 spiro atoms. The molecule has 6 heteroatoms. The van der Waals surface area contributed by atoms with E-state index in [1.165, 1.54) is 12.1 Å². The van der Waals surface area contributed by atoms with Gasteiger partial charge in [0.25, 0.3) is 0 Å². The Hall–Kier alpha value is -1.95. The number of imide groups is 1. The van der Waals surface area contributed by atoms with E-state index in [9.17, 15) is 14.0 Å². The molecule has 5 nitrogen and oxygen atoms in total. The van der Waals surface area contributed by atoms with Crippen LogP contribution in [-0.2, 0) is 11.3 Å². The third-order valence-electron chi connectivity index (χ3n) is 4.29. The minimum absolute atomic E-state index is 0.170. The van der Waals surface area contributed by atoms with Crippen molar-refractivity contribution in [2.24, 2.45) is 0 Å². The molecule has 0 bridgehead atoms. The topological polar surface area (TPSA) is 61.4 Å². The minimum Gasteiger partial charge on any atom is -0.335 e. The molecule has 1 aromatic carbocycles. The molecule has 0 saturated heterocycles. The van der Waals surface area contributed by atoms with Gasteiger partial charge in [-0.3, -0.25) is 15.0 Å². The Bertz CT molecular complexity index is 559. The van der Waals surface area contributed by atoms with Crippen LogP contribution in [0.3, 0.4) is 0 Å². The summed E-state index contributed by atoms with van der Waals surface area (Å²) in [6, 6.07) is 5.50. The van der Waals surface area contributed by atoms with Gasteiger partial charge in [0.1, 0.15) is 5.82 Å². The largest absolute Gasteiger partial charge is 0.335 e. The fourth-order valence-corrected chi connectivity index (χ4v) is 2.77. The smallest absolute Gasteiger partial charge is 0.321 e. The highest BCUT2D eigenvalue weighted by Crippen LogP contribution is 2.17. The van der Waals surface area contributed by atoms with E-state index in [4.69, 9.17) is 0 Å². The summed E-state index contributed by atoms with van der Waals surface area (Å²) in [5.74, 6) is -0.664. The number of amides is 3. The lowest BCUT2D eigenvalue weighted by Gasteiger charge is -2.24. The van der Waals surface area contributed by atoms with E-state index in [-0.39, 0.29) is 17.8 Å². The average Bonchev–Trinajstić information content (AvgIpc) is 2.99. The van der Waals surface area contributed by atoms with Crippen LogP contribution in [0.2, 0.25) is 0 Å². The van der Waals surface area contributed by atoms with Crippen molar-refractivity contribution in [3.63, 3.8) is 0 Å². The molecule has 126 valence electrons. The number of urea groups is 1. The van der Waals surface area contributed by atoms with Crippen LogP contribution in [0.4, 0.5) is 9.18 Å². The first kappa shape index (κ1) is 17.4. The summed E-state index contributed by atoms with van der Waals surface area (Å²) in [7, 11) is 1.77. The zero-order valence-electron chi connectivity index (χ0n) is 13.6. The molecule has 0 heterocycles. The molecule has 1 aliphatic carbocycles. The van der Waals surface area contributed by atoms with Gasteiger partial charge >= 0.3 is 6.03 Å². The van der Waals surface area contributed by atoms with Crippen LogP contribution < -0.4 is 10.6 Å². The van der Waals surface area contributed by atoms with Crippen molar-refractivity contribution < 1.29 is 14.0 Å². The SMILES string of the molecule is C[C@@H](C(=O)NC(=O)NC1CCCC1)N(C)Cc1cccc(F)c1. The van der Waals surface area contributed by atoms with Crippen LogP contribution in [0.5, 0.6) is 0 Å². The number of carbonyl (C=O) groups is 2. The van der Waals surface area contributed by atoms with Crippen molar-refractivity contribution in [3.8, 4) is 0 Å². The van der Waals surface area contributed by atoms with Gasteiger partial charge in [0, 0.05) is 12.6 Å². The van der Waals surface area contributed by atoms with Crippen LogP contribution in [0.25, 0.3) is 0 Å². The minimum atomic E-state index is -0.493. The summed E-state index contributed by atoms with van der Waals surface area (Å²) in [6.45, 7) is 2.15. The Morgan fingerprint density at radius 1 is 1.35 bits per heavy atom. The Morgan fingerprint density at radius 2 is 2.04 bits per heavy atom. The number of nitrogens with zero attached hydrogens (tertiary/aromatic N) is 1. The van der Waals surface area contributed by atoms with Crippen molar-refractivity contribution in [1.82, 2.24) is 15.5 Å². The van der Waals surface area contributed by atoms with Gasteiger partial charge in [0.05, 0.1) is 6.04 Å². The molecule has 1 aromatic rings. The van der Waals surface area contributed by atoms with E-state index in [2.05, 4.69) is 10.6 Å². The second-order valence-corrected chi connectivity index (χ2v) is 6.17. The quantitative estimate of drug-likeness (QED) is 0.875. The first-order chi connectivity index (χ1) is 11.0. The predicted molar refractivity (Wildman–Crippen MR) is 86.3 cm³/mol. The zero-order chi connectivity index (χ0) is 16.8. The van der Waals surface area contributed by atoms with Crippen LogP contribution in [0, 0.1) is 5.82 Å². The molecule has 1 aliphatic rings. The zero-order valence-corrected chi connectivity index (χ0v) is 13.6. The highest BCUT2D eigenvalue weighted by atomic mass is 19.1. The Labute approximate surface area is 136 Å². The summed E-state index contributed by atoms with van der Waals surface area (Å²) in [6.07, 6.45) is 4.17. The Kier molecular flexibility index (Phi) is 6.10. The van der Waals surface area contributed by atoms with Crippen molar-refractivity contribution in [3.05, 3.63) is 35.6 Å². The van der Waals surface area contributed by atoms with Crippen LogP contribution >= 0.6 is 0 Å². The molecule has 1 fully saturated rings. The molecular formula is C17H24FN3O2. The summed E-state index contributed by atoms with van der Waals surface area (Å²) in [5, 5.41) is 5.20. The van der Waals surface area contributed by atoms with E-state index < -0.39 is 12.1 Å². The summed E-state index contributed by atoms with van der Waals surface area (Å²) in [4.78, 5) is 25.7. The van der Waals surface area contributed by atoms with Gasteiger partial charge in [-0.2, -0.15) is 0 Å². The molecule has 2 N–H and O–H groups in total. The number of benzene rings is 1. The predicted octanol–water partition coefficient (Wildman–Crippen LogP) is 2.41. The van der Waals surface area contributed by atoms with Gasteiger partial charge in [0.2, 0.25) is 5.91 Å². The third kappa shape index (κ3) is 5.32. The lowest BCUT2D eigenvalue weighted by atomic mass is 10.2. The fourth-order valence-electron chi connectivity index (χ4n) is 2.77. The maximum atomic E-state index is 13.2. The van der Waals surface area contributed by atoms with E-state index in [1.54, 1.807) is 31.0 Å². The van der Waals surface area contributed by atoms with Crippen molar-refractivity contribution in [2.75, 3.05) is 7.05 Å². The second kappa shape index (κ2) is 8.06. The standard InChI is InChI=1S/C17H24FN3O2/c1-12(21(2)11-13-6-5-7-14(18)10-13)16(22)20-17(23)19-15-8-3-4-9-15/h5-7,10,12,15H,3-4,8-9,11H2,1-2H3,(H2,19,20,22,23)/t12-/m0/s1. The van der Waals surface area contributed by atoms with Gasteiger partial charge in [-0.1, -0.05) is 25.0 Å². The maximum Gasteiger partial charge on any atom is 0.321 e. The number of likely N-dealkylation sites (N-methyl/N-ethyl adjacent to an activating group) is 1. The third-order valence-corrected chi connectivity index (χ3v) is 4.29. The lowest BCUT2D eigenvalue weighted by molar-refractivity contribution is -0.124. The monoisotopic (exact) mass is 321 g/mol. The van der Waals surface area contributed by atoms with Crippen LogP contribution in [-0.4, -0.2) is 36.0 Å². The molecular weight excluding hydrogens is 297 g/mol. The summed E-state index contributed by atoms with van der Waals surface area (Å²) in [5.41, 5.74) is 0.780. The number of nitrogens with one attached hydrogen (secondary N) is 2. The molecule has 1 saturated carbocycles. The van der Waals surface area contributed by atoms with Crippen molar-refractivity contribution in [1.29, 1.82) is 0 Å². The number of halogens is 1. The second-order valence-electron chi connectivity index (χ2n) is 6.17. The van der Waals surface area contributed by atoms with Crippen LogP contribution in [0.1, 0.15) is 38.2 Å². The van der Waals surface area contributed by atoms with Gasteiger partial charge in [0.15, 0.2) is 0 Å².